The third kappa shape index (κ3) is 4.57. The summed E-state index contributed by atoms with van der Waals surface area (Å²) in [4.78, 5) is 11.0. The van der Waals surface area contributed by atoms with Crippen LogP contribution in [0.5, 0.6) is 0 Å². The van der Waals surface area contributed by atoms with Crippen molar-refractivity contribution >= 4 is 14.1 Å². The summed E-state index contributed by atoms with van der Waals surface area (Å²) in [5.74, 6) is 1.08. The quantitative estimate of drug-likeness (QED) is 0.655. The fourth-order valence-corrected chi connectivity index (χ4v) is 2.27. The van der Waals surface area contributed by atoms with E-state index in [0.717, 1.165) is 32.3 Å². The summed E-state index contributed by atoms with van der Waals surface area (Å²) in [6.07, 6.45) is 3.64. The van der Waals surface area contributed by atoms with Crippen LogP contribution in [0.15, 0.2) is 0 Å². The molecular weight excluding hydrogens is 180 g/mol. The predicted octanol–water partition coefficient (Wildman–Crippen LogP) is 2.60. The van der Waals surface area contributed by atoms with Gasteiger partial charge in [-0.05, 0) is 38.4 Å². The predicted molar refractivity (Wildman–Crippen MR) is 56.3 cm³/mol. The average molecular weight is 200 g/mol. The van der Waals surface area contributed by atoms with E-state index in [-0.39, 0.29) is 0 Å². The molecule has 0 aliphatic heterocycles. The SMILES string of the molecule is C[Si](C)(C)OCC1CCC(=O)CC1. The summed E-state index contributed by atoms with van der Waals surface area (Å²) in [5.41, 5.74) is 0. The molecule has 1 rings (SSSR count). The zero-order chi connectivity index (χ0) is 9.90. The third-order valence-electron chi connectivity index (χ3n) is 2.41. The number of carbonyl (C=O) groups is 1. The summed E-state index contributed by atoms with van der Waals surface area (Å²) in [6, 6.07) is 0. The average Bonchev–Trinajstić information content (AvgIpc) is 2.02. The molecule has 0 unspecified atom stereocenters. The van der Waals surface area contributed by atoms with E-state index in [9.17, 15) is 4.79 Å². The first-order valence-corrected chi connectivity index (χ1v) is 8.54. The summed E-state index contributed by atoms with van der Waals surface area (Å²) < 4.78 is 5.83. The largest absolute Gasteiger partial charge is 0.417 e. The molecule has 0 spiro atoms. The molecular formula is C10H20O2Si. The van der Waals surface area contributed by atoms with Gasteiger partial charge >= 0.3 is 0 Å². The molecule has 0 aromatic carbocycles. The molecule has 0 bridgehead atoms. The molecule has 1 fully saturated rings. The van der Waals surface area contributed by atoms with Crippen molar-refractivity contribution in [2.45, 2.75) is 45.3 Å². The molecule has 0 radical (unpaired) electrons. The zero-order valence-corrected chi connectivity index (χ0v) is 9.93. The molecule has 76 valence electrons. The van der Waals surface area contributed by atoms with Crippen molar-refractivity contribution in [3.8, 4) is 0 Å². The molecule has 1 aliphatic rings. The lowest BCUT2D eigenvalue weighted by Gasteiger charge is -2.25. The highest BCUT2D eigenvalue weighted by molar-refractivity contribution is 6.69. The highest BCUT2D eigenvalue weighted by atomic mass is 28.4. The van der Waals surface area contributed by atoms with Gasteiger partial charge in [-0.1, -0.05) is 0 Å². The summed E-state index contributed by atoms with van der Waals surface area (Å²) >= 11 is 0. The van der Waals surface area contributed by atoms with Crippen LogP contribution in [0, 0.1) is 5.92 Å². The van der Waals surface area contributed by atoms with Gasteiger partial charge in [-0.2, -0.15) is 0 Å². The maximum atomic E-state index is 11.0. The Hall–Kier alpha value is -0.153. The number of carbonyl (C=O) groups excluding carboxylic acids is 1. The van der Waals surface area contributed by atoms with Crippen LogP contribution in [0.25, 0.3) is 0 Å². The topological polar surface area (TPSA) is 26.3 Å². The summed E-state index contributed by atoms with van der Waals surface area (Å²) in [7, 11) is -1.34. The molecule has 1 saturated carbocycles. The molecule has 0 heterocycles. The van der Waals surface area contributed by atoms with E-state index < -0.39 is 8.32 Å². The first-order chi connectivity index (χ1) is 5.97. The van der Waals surface area contributed by atoms with E-state index in [1.165, 1.54) is 0 Å². The Morgan fingerprint density at radius 3 is 2.31 bits per heavy atom. The second kappa shape index (κ2) is 4.38. The molecule has 0 saturated heterocycles. The molecule has 2 nitrogen and oxygen atoms in total. The van der Waals surface area contributed by atoms with Crippen LogP contribution in [0.2, 0.25) is 19.6 Å². The maximum absolute atomic E-state index is 11.0. The number of hydrogen-bond acceptors (Lipinski definition) is 2. The highest BCUT2D eigenvalue weighted by Crippen LogP contribution is 2.22. The molecule has 0 aromatic heterocycles. The maximum Gasteiger partial charge on any atom is 0.183 e. The number of rotatable bonds is 3. The fraction of sp³-hybridized carbons (Fsp3) is 0.900. The van der Waals surface area contributed by atoms with Gasteiger partial charge in [-0.15, -0.1) is 0 Å². The van der Waals surface area contributed by atoms with Gasteiger partial charge in [0.15, 0.2) is 8.32 Å². The van der Waals surface area contributed by atoms with Crippen LogP contribution in [-0.4, -0.2) is 20.7 Å². The first-order valence-electron chi connectivity index (χ1n) is 5.13. The van der Waals surface area contributed by atoms with Gasteiger partial charge in [-0.25, -0.2) is 0 Å². The van der Waals surface area contributed by atoms with Crippen molar-refractivity contribution < 1.29 is 9.22 Å². The Bertz CT molecular complexity index is 174. The smallest absolute Gasteiger partial charge is 0.183 e. The Kier molecular flexibility index (Phi) is 3.68. The fourth-order valence-electron chi connectivity index (χ4n) is 1.53. The molecule has 1 aliphatic carbocycles. The van der Waals surface area contributed by atoms with Crippen LogP contribution >= 0.6 is 0 Å². The van der Waals surface area contributed by atoms with Crippen LogP contribution in [0.3, 0.4) is 0 Å². The number of hydrogen-bond donors (Lipinski definition) is 0. The molecule has 0 amide bonds. The monoisotopic (exact) mass is 200 g/mol. The number of ketones is 1. The van der Waals surface area contributed by atoms with Gasteiger partial charge in [0.2, 0.25) is 0 Å². The minimum atomic E-state index is -1.34. The lowest BCUT2D eigenvalue weighted by atomic mass is 9.89. The highest BCUT2D eigenvalue weighted by Gasteiger charge is 2.21. The van der Waals surface area contributed by atoms with Gasteiger partial charge in [-0.3, -0.25) is 4.79 Å². The van der Waals surface area contributed by atoms with E-state index >= 15 is 0 Å². The molecule has 13 heavy (non-hydrogen) atoms. The van der Waals surface area contributed by atoms with Crippen molar-refractivity contribution in [1.29, 1.82) is 0 Å². The van der Waals surface area contributed by atoms with Gasteiger partial charge in [0.05, 0.1) is 0 Å². The van der Waals surface area contributed by atoms with Crippen molar-refractivity contribution in [1.82, 2.24) is 0 Å². The Morgan fingerprint density at radius 2 is 1.85 bits per heavy atom. The minimum Gasteiger partial charge on any atom is -0.417 e. The lowest BCUT2D eigenvalue weighted by molar-refractivity contribution is -0.121. The van der Waals surface area contributed by atoms with Crippen molar-refractivity contribution in [2.24, 2.45) is 5.92 Å². The molecule has 0 N–H and O–H groups in total. The minimum absolute atomic E-state index is 0.434. The Balaban J connectivity index is 2.20. The molecule has 0 aromatic rings. The summed E-state index contributed by atoms with van der Waals surface area (Å²) in [5, 5.41) is 0. The second-order valence-electron chi connectivity index (χ2n) is 4.91. The van der Waals surface area contributed by atoms with E-state index in [4.69, 9.17) is 4.43 Å². The van der Waals surface area contributed by atoms with E-state index in [1.807, 2.05) is 0 Å². The first kappa shape index (κ1) is 10.9. The second-order valence-corrected chi connectivity index (χ2v) is 9.42. The number of Topliss-reactive ketones (excluding diaryl/α,β-unsaturated/α-hetero) is 1. The van der Waals surface area contributed by atoms with E-state index in [1.54, 1.807) is 0 Å². The molecule has 3 heteroatoms. The third-order valence-corrected chi connectivity index (χ3v) is 3.45. The van der Waals surface area contributed by atoms with Crippen molar-refractivity contribution in [3.05, 3.63) is 0 Å². The van der Waals surface area contributed by atoms with Gasteiger partial charge < -0.3 is 4.43 Å². The Morgan fingerprint density at radius 1 is 1.31 bits per heavy atom. The van der Waals surface area contributed by atoms with Crippen molar-refractivity contribution in [3.63, 3.8) is 0 Å². The van der Waals surface area contributed by atoms with Crippen LogP contribution < -0.4 is 0 Å². The van der Waals surface area contributed by atoms with E-state index in [2.05, 4.69) is 19.6 Å². The van der Waals surface area contributed by atoms with Crippen molar-refractivity contribution in [2.75, 3.05) is 6.61 Å². The van der Waals surface area contributed by atoms with Gasteiger partial charge in [0, 0.05) is 19.4 Å². The van der Waals surface area contributed by atoms with Crippen LogP contribution in [0.1, 0.15) is 25.7 Å². The zero-order valence-electron chi connectivity index (χ0n) is 8.93. The standard InChI is InChI=1S/C10H20O2Si/c1-13(2,3)12-8-9-4-6-10(11)7-5-9/h9H,4-8H2,1-3H3. The van der Waals surface area contributed by atoms with Crippen LogP contribution in [0.4, 0.5) is 0 Å². The summed E-state index contributed by atoms with van der Waals surface area (Å²) in [6.45, 7) is 7.51. The van der Waals surface area contributed by atoms with Gasteiger partial charge in [0.25, 0.3) is 0 Å². The van der Waals surface area contributed by atoms with Crippen LogP contribution in [-0.2, 0) is 9.22 Å². The van der Waals surface area contributed by atoms with E-state index in [0.29, 0.717) is 11.7 Å². The lowest BCUT2D eigenvalue weighted by Crippen LogP contribution is -2.29. The normalized spacial score (nSPS) is 20.7. The van der Waals surface area contributed by atoms with Gasteiger partial charge in [0.1, 0.15) is 5.78 Å². The Labute approximate surface area is 81.8 Å². The molecule has 0 atom stereocenters.